The summed E-state index contributed by atoms with van der Waals surface area (Å²) < 4.78 is 10.8. The standard InChI is InChI=1S/C14H22N2O2/c1-16(13-5-6-18-10-13)9-11-3-4-12(8-15)14(7-11)17-2/h3-4,7,13H,5-6,8-10,15H2,1-2H3. The lowest BCUT2D eigenvalue weighted by molar-refractivity contribution is 0.156. The van der Waals surface area contributed by atoms with E-state index < -0.39 is 0 Å². The number of hydrogen-bond acceptors (Lipinski definition) is 4. The van der Waals surface area contributed by atoms with Crippen molar-refractivity contribution in [1.29, 1.82) is 0 Å². The van der Waals surface area contributed by atoms with Gasteiger partial charge in [0.25, 0.3) is 0 Å². The van der Waals surface area contributed by atoms with E-state index in [0.717, 1.165) is 37.5 Å². The van der Waals surface area contributed by atoms with E-state index in [0.29, 0.717) is 12.6 Å². The average Bonchev–Trinajstić information content (AvgIpc) is 2.92. The molecular weight excluding hydrogens is 228 g/mol. The van der Waals surface area contributed by atoms with Crippen LogP contribution in [0.4, 0.5) is 0 Å². The van der Waals surface area contributed by atoms with Crippen molar-refractivity contribution in [1.82, 2.24) is 4.90 Å². The molecule has 4 heteroatoms. The molecule has 0 bridgehead atoms. The zero-order valence-electron chi connectivity index (χ0n) is 11.2. The van der Waals surface area contributed by atoms with Gasteiger partial charge in [0.05, 0.1) is 13.7 Å². The predicted octanol–water partition coefficient (Wildman–Crippen LogP) is 1.37. The van der Waals surface area contributed by atoms with Crippen LogP contribution < -0.4 is 10.5 Å². The number of benzene rings is 1. The van der Waals surface area contributed by atoms with Gasteiger partial charge in [0, 0.05) is 31.3 Å². The van der Waals surface area contributed by atoms with E-state index in [-0.39, 0.29) is 0 Å². The van der Waals surface area contributed by atoms with Crippen molar-refractivity contribution in [2.24, 2.45) is 5.73 Å². The molecule has 2 rings (SSSR count). The molecule has 0 spiro atoms. The van der Waals surface area contributed by atoms with Crippen LogP contribution in [-0.2, 0) is 17.8 Å². The molecule has 2 N–H and O–H groups in total. The van der Waals surface area contributed by atoms with Crippen LogP contribution in [-0.4, -0.2) is 38.3 Å². The van der Waals surface area contributed by atoms with Crippen molar-refractivity contribution in [3.05, 3.63) is 29.3 Å². The first-order chi connectivity index (χ1) is 8.74. The van der Waals surface area contributed by atoms with Gasteiger partial charge in [-0.3, -0.25) is 4.90 Å². The molecule has 0 aliphatic carbocycles. The van der Waals surface area contributed by atoms with Crippen LogP contribution in [0.3, 0.4) is 0 Å². The molecule has 1 fully saturated rings. The molecule has 0 amide bonds. The number of likely N-dealkylation sites (N-methyl/N-ethyl adjacent to an activating group) is 1. The maximum Gasteiger partial charge on any atom is 0.123 e. The SMILES string of the molecule is COc1cc(CN(C)C2CCOC2)ccc1CN. The van der Waals surface area contributed by atoms with E-state index in [1.807, 2.05) is 6.07 Å². The Morgan fingerprint density at radius 1 is 1.50 bits per heavy atom. The number of methoxy groups -OCH3 is 1. The van der Waals surface area contributed by atoms with Crippen molar-refractivity contribution in [2.45, 2.75) is 25.6 Å². The van der Waals surface area contributed by atoms with Gasteiger partial charge in [-0.1, -0.05) is 12.1 Å². The van der Waals surface area contributed by atoms with Crippen LogP contribution in [0.5, 0.6) is 5.75 Å². The fraction of sp³-hybridized carbons (Fsp3) is 0.571. The Morgan fingerprint density at radius 3 is 2.94 bits per heavy atom. The van der Waals surface area contributed by atoms with Gasteiger partial charge in [0.2, 0.25) is 0 Å². The Morgan fingerprint density at radius 2 is 2.33 bits per heavy atom. The molecule has 1 aromatic carbocycles. The fourth-order valence-corrected chi connectivity index (χ4v) is 2.34. The summed E-state index contributed by atoms with van der Waals surface area (Å²) in [5.74, 6) is 0.881. The van der Waals surface area contributed by atoms with E-state index in [1.165, 1.54) is 5.56 Å². The summed E-state index contributed by atoms with van der Waals surface area (Å²) >= 11 is 0. The monoisotopic (exact) mass is 250 g/mol. The number of nitrogens with zero attached hydrogens (tertiary/aromatic N) is 1. The first-order valence-corrected chi connectivity index (χ1v) is 6.38. The van der Waals surface area contributed by atoms with E-state index in [9.17, 15) is 0 Å². The zero-order valence-corrected chi connectivity index (χ0v) is 11.2. The Balaban J connectivity index is 2.04. The van der Waals surface area contributed by atoms with E-state index in [4.69, 9.17) is 15.2 Å². The summed E-state index contributed by atoms with van der Waals surface area (Å²) in [6.07, 6.45) is 1.12. The first kappa shape index (κ1) is 13.3. The third kappa shape index (κ3) is 3.02. The highest BCUT2D eigenvalue weighted by Crippen LogP contribution is 2.21. The van der Waals surface area contributed by atoms with Crippen molar-refractivity contribution in [3.63, 3.8) is 0 Å². The van der Waals surface area contributed by atoms with Crippen LogP contribution in [0.1, 0.15) is 17.5 Å². The minimum atomic E-state index is 0.510. The molecule has 0 aromatic heterocycles. The largest absolute Gasteiger partial charge is 0.496 e. The molecule has 1 heterocycles. The highest BCUT2D eigenvalue weighted by molar-refractivity contribution is 5.37. The topological polar surface area (TPSA) is 47.7 Å². The van der Waals surface area contributed by atoms with Gasteiger partial charge < -0.3 is 15.2 Å². The Bertz CT molecular complexity index is 389. The molecule has 100 valence electrons. The van der Waals surface area contributed by atoms with Gasteiger partial charge in [-0.25, -0.2) is 0 Å². The maximum absolute atomic E-state index is 5.67. The van der Waals surface area contributed by atoms with Gasteiger partial charge in [-0.15, -0.1) is 0 Å². The first-order valence-electron chi connectivity index (χ1n) is 6.38. The summed E-state index contributed by atoms with van der Waals surface area (Å²) in [6, 6.07) is 6.78. The molecular formula is C14H22N2O2. The smallest absolute Gasteiger partial charge is 0.123 e. The Hall–Kier alpha value is -1.10. The molecule has 0 radical (unpaired) electrons. The van der Waals surface area contributed by atoms with Crippen LogP contribution in [0.15, 0.2) is 18.2 Å². The predicted molar refractivity (Wildman–Crippen MR) is 71.6 cm³/mol. The molecule has 18 heavy (non-hydrogen) atoms. The molecule has 1 saturated heterocycles. The molecule has 1 aromatic rings. The van der Waals surface area contributed by atoms with E-state index >= 15 is 0 Å². The number of rotatable bonds is 5. The Labute approximate surface area is 109 Å². The average molecular weight is 250 g/mol. The normalized spacial score (nSPS) is 19.4. The molecule has 4 nitrogen and oxygen atoms in total. The lowest BCUT2D eigenvalue weighted by Gasteiger charge is -2.23. The third-order valence-electron chi connectivity index (χ3n) is 3.53. The lowest BCUT2D eigenvalue weighted by atomic mass is 10.1. The van der Waals surface area contributed by atoms with Crippen LogP contribution in [0, 0.1) is 0 Å². The molecule has 1 aliphatic heterocycles. The second-order valence-electron chi connectivity index (χ2n) is 4.78. The number of ether oxygens (including phenoxy) is 2. The van der Waals surface area contributed by atoms with E-state index in [2.05, 4.69) is 24.1 Å². The highest BCUT2D eigenvalue weighted by Gasteiger charge is 2.20. The Kier molecular flexibility index (Phi) is 4.58. The van der Waals surface area contributed by atoms with Crippen LogP contribution in [0.25, 0.3) is 0 Å². The summed E-state index contributed by atoms with van der Waals surface area (Å²) in [5.41, 5.74) is 7.97. The third-order valence-corrected chi connectivity index (χ3v) is 3.53. The number of nitrogens with two attached hydrogens (primary N) is 1. The van der Waals surface area contributed by atoms with Gasteiger partial charge >= 0.3 is 0 Å². The fourth-order valence-electron chi connectivity index (χ4n) is 2.34. The highest BCUT2D eigenvalue weighted by atomic mass is 16.5. The van der Waals surface area contributed by atoms with Gasteiger partial charge in [-0.2, -0.15) is 0 Å². The van der Waals surface area contributed by atoms with Gasteiger partial charge in [-0.05, 0) is 25.1 Å². The second kappa shape index (κ2) is 6.18. The molecule has 1 aliphatic rings. The van der Waals surface area contributed by atoms with Crippen molar-refractivity contribution < 1.29 is 9.47 Å². The van der Waals surface area contributed by atoms with Crippen LogP contribution >= 0.6 is 0 Å². The minimum Gasteiger partial charge on any atom is -0.496 e. The minimum absolute atomic E-state index is 0.510. The molecule has 0 saturated carbocycles. The van der Waals surface area contributed by atoms with Gasteiger partial charge in [0.15, 0.2) is 0 Å². The van der Waals surface area contributed by atoms with Crippen molar-refractivity contribution >= 4 is 0 Å². The summed E-state index contributed by atoms with van der Waals surface area (Å²) in [5, 5.41) is 0. The zero-order chi connectivity index (χ0) is 13.0. The van der Waals surface area contributed by atoms with Crippen molar-refractivity contribution in [2.75, 3.05) is 27.4 Å². The summed E-state index contributed by atoms with van der Waals surface area (Å²) in [7, 11) is 3.83. The maximum atomic E-state index is 5.67. The van der Waals surface area contributed by atoms with E-state index in [1.54, 1.807) is 7.11 Å². The molecule has 1 unspecified atom stereocenters. The summed E-state index contributed by atoms with van der Waals surface area (Å²) in [6.45, 7) is 3.14. The molecule has 1 atom stereocenters. The second-order valence-corrected chi connectivity index (χ2v) is 4.78. The lowest BCUT2D eigenvalue weighted by Crippen LogP contribution is -2.31. The number of hydrogen-bond donors (Lipinski definition) is 1. The quantitative estimate of drug-likeness (QED) is 0.857. The summed E-state index contributed by atoms with van der Waals surface area (Å²) in [4.78, 5) is 2.34. The van der Waals surface area contributed by atoms with Crippen LogP contribution in [0.2, 0.25) is 0 Å². The van der Waals surface area contributed by atoms with Gasteiger partial charge in [0.1, 0.15) is 5.75 Å². The van der Waals surface area contributed by atoms with Crippen molar-refractivity contribution in [3.8, 4) is 5.75 Å².